The normalized spacial score (nSPS) is 10.4. The maximum atomic E-state index is 13.2. The number of carbonyl (C=O) groups excluding carboxylic acids is 1. The number of hydrogen-bond donors (Lipinski definition) is 1. The topological polar surface area (TPSA) is 45.2 Å². The van der Waals surface area contributed by atoms with Gasteiger partial charge >= 0.3 is 0 Å². The molecule has 26 heavy (non-hydrogen) atoms. The van der Waals surface area contributed by atoms with Crippen LogP contribution in [-0.2, 0) is 11.2 Å². The quantitative estimate of drug-likeness (QED) is 0.709. The molecule has 0 aliphatic heterocycles. The molecule has 3 aromatic rings. The van der Waals surface area contributed by atoms with Crippen LogP contribution in [0.3, 0.4) is 0 Å². The molecule has 5 heteroatoms. The molecule has 4 nitrogen and oxygen atoms in total. The third-order valence-electron chi connectivity index (χ3n) is 3.95. The van der Waals surface area contributed by atoms with Gasteiger partial charge in [-0.05, 0) is 48.9 Å². The molecule has 0 unspecified atom stereocenters. The van der Waals surface area contributed by atoms with E-state index < -0.39 is 0 Å². The third kappa shape index (κ3) is 4.45. The molecule has 0 saturated heterocycles. The molecule has 3 rings (SSSR count). The number of halogens is 1. The molecular weight excluding hydrogens is 329 g/mol. The SMILES string of the molecule is CCN(c1ccccc1)c1ccc(NC(=O)Cc2cccc(F)c2)cn1. The lowest BCUT2D eigenvalue weighted by Gasteiger charge is -2.22. The molecule has 132 valence electrons. The number of anilines is 3. The van der Waals surface area contributed by atoms with E-state index in [-0.39, 0.29) is 18.1 Å². The van der Waals surface area contributed by atoms with E-state index in [2.05, 4.69) is 22.1 Å². The highest BCUT2D eigenvalue weighted by molar-refractivity contribution is 5.92. The van der Waals surface area contributed by atoms with Gasteiger partial charge in [-0.2, -0.15) is 0 Å². The molecule has 1 N–H and O–H groups in total. The lowest BCUT2D eigenvalue weighted by molar-refractivity contribution is -0.115. The molecule has 0 fully saturated rings. The predicted molar refractivity (Wildman–Crippen MR) is 102 cm³/mol. The van der Waals surface area contributed by atoms with Crippen LogP contribution in [0.25, 0.3) is 0 Å². The summed E-state index contributed by atoms with van der Waals surface area (Å²) in [4.78, 5) is 18.7. The second kappa shape index (κ2) is 8.25. The van der Waals surface area contributed by atoms with E-state index in [4.69, 9.17) is 0 Å². The first-order valence-electron chi connectivity index (χ1n) is 8.48. The van der Waals surface area contributed by atoms with Gasteiger partial charge in [-0.25, -0.2) is 9.37 Å². The smallest absolute Gasteiger partial charge is 0.228 e. The van der Waals surface area contributed by atoms with E-state index >= 15 is 0 Å². The lowest BCUT2D eigenvalue weighted by atomic mass is 10.1. The summed E-state index contributed by atoms with van der Waals surface area (Å²) in [5, 5.41) is 2.79. The van der Waals surface area contributed by atoms with Crippen LogP contribution >= 0.6 is 0 Å². The second-order valence-corrected chi connectivity index (χ2v) is 5.84. The summed E-state index contributed by atoms with van der Waals surface area (Å²) in [5.41, 5.74) is 2.30. The zero-order valence-electron chi connectivity index (χ0n) is 14.5. The summed E-state index contributed by atoms with van der Waals surface area (Å²) in [6, 6.07) is 19.7. The summed E-state index contributed by atoms with van der Waals surface area (Å²) in [6.45, 7) is 2.84. The van der Waals surface area contributed by atoms with Gasteiger partial charge in [-0.1, -0.05) is 30.3 Å². The largest absolute Gasteiger partial charge is 0.327 e. The molecule has 1 amide bonds. The van der Waals surface area contributed by atoms with Crippen LogP contribution in [0.2, 0.25) is 0 Å². The molecule has 1 heterocycles. The third-order valence-corrected chi connectivity index (χ3v) is 3.95. The number of rotatable bonds is 6. The fraction of sp³-hybridized carbons (Fsp3) is 0.143. The zero-order chi connectivity index (χ0) is 18.4. The number of aromatic nitrogens is 1. The fourth-order valence-electron chi connectivity index (χ4n) is 2.74. The van der Waals surface area contributed by atoms with Crippen LogP contribution in [0.5, 0.6) is 0 Å². The van der Waals surface area contributed by atoms with Crippen LogP contribution < -0.4 is 10.2 Å². The highest BCUT2D eigenvalue weighted by Gasteiger charge is 2.09. The average Bonchev–Trinajstić information content (AvgIpc) is 2.64. The van der Waals surface area contributed by atoms with Crippen molar-refractivity contribution in [1.82, 2.24) is 4.98 Å². The summed E-state index contributed by atoms with van der Waals surface area (Å²) in [7, 11) is 0. The van der Waals surface area contributed by atoms with Crippen molar-refractivity contribution >= 4 is 23.1 Å². The number of nitrogens with one attached hydrogen (secondary N) is 1. The van der Waals surface area contributed by atoms with Crippen molar-refractivity contribution in [3.8, 4) is 0 Å². The molecule has 0 aliphatic carbocycles. The van der Waals surface area contributed by atoms with E-state index in [0.29, 0.717) is 11.3 Å². The minimum Gasteiger partial charge on any atom is -0.327 e. The van der Waals surface area contributed by atoms with E-state index in [1.165, 1.54) is 12.1 Å². The lowest BCUT2D eigenvalue weighted by Crippen LogP contribution is -2.18. The van der Waals surface area contributed by atoms with Crippen molar-refractivity contribution < 1.29 is 9.18 Å². The summed E-state index contributed by atoms with van der Waals surface area (Å²) in [6.07, 6.45) is 1.75. The van der Waals surface area contributed by atoms with Gasteiger partial charge in [-0.3, -0.25) is 4.79 Å². The Morgan fingerprint density at radius 3 is 2.54 bits per heavy atom. The van der Waals surface area contributed by atoms with Crippen LogP contribution in [0, 0.1) is 5.82 Å². The molecule has 2 aromatic carbocycles. The summed E-state index contributed by atoms with van der Waals surface area (Å²) < 4.78 is 13.2. The molecule has 0 aliphatic rings. The predicted octanol–water partition coefficient (Wildman–Crippen LogP) is 4.56. The Morgan fingerprint density at radius 1 is 1.08 bits per heavy atom. The van der Waals surface area contributed by atoms with Crippen molar-refractivity contribution in [2.75, 3.05) is 16.8 Å². The summed E-state index contributed by atoms with van der Waals surface area (Å²) >= 11 is 0. The Labute approximate surface area is 152 Å². The fourth-order valence-corrected chi connectivity index (χ4v) is 2.74. The Balaban J connectivity index is 1.66. The average molecular weight is 349 g/mol. The Morgan fingerprint density at radius 2 is 1.88 bits per heavy atom. The van der Waals surface area contributed by atoms with Gasteiger partial charge in [0.05, 0.1) is 18.3 Å². The molecule has 0 saturated carbocycles. The number of hydrogen-bond acceptors (Lipinski definition) is 3. The van der Waals surface area contributed by atoms with Crippen LogP contribution in [0.1, 0.15) is 12.5 Å². The van der Waals surface area contributed by atoms with Crippen LogP contribution in [0.15, 0.2) is 72.9 Å². The maximum Gasteiger partial charge on any atom is 0.228 e. The van der Waals surface area contributed by atoms with Crippen LogP contribution in [0.4, 0.5) is 21.6 Å². The van der Waals surface area contributed by atoms with Crippen molar-refractivity contribution in [1.29, 1.82) is 0 Å². The van der Waals surface area contributed by atoms with Gasteiger partial charge < -0.3 is 10.2 Å². The summed E-state index contributed by atoms with van der Waals surface area (Å²) in [5.74, 6) is 0.254. The van der Waals surface area contributed by atoms with Gasteiger partial charge in [0.2, 0.25) is 5.91 Å². The van der Waals surface area contributed by atoms with E-state index in [1.54, 1.807) is 18.3 Å². The van der Waals surface area contributed by atoms with Gasteiger partial charge in [0, 0.05) is 12.2 Å². The Kier molecular flexibility index (Phi) is 5.59. The second-order valence-electron chi connectivity index (χ2n) is 5.84. The number of benzene rings is 2. The van der Waals surface area contributed by atoms with Gasteiger partial charge in [0.15, 0.2) is 0 Å². The first kappa shape index (κ1) is 17.6. The van der Waals surface area contributed by atoms with Gasteiger partial charge in [-0.15, -0.1) is 0 Å². The number of para-hydroxylation sites is 1. The molecular formula is C21H20FN3O. The Hall–Kier alpha value is -3.21. The maximum absolute atomic E-state index is 13.2. The minimum absolute atomic E-state index is 0.116. The van der Waals surface area contributed by atoms with Crippen molar-refractivity contribution in [3.63, 3.8) is 0 Å². The number of amides is 1. The van der Waals surface area contributed by atoms with Crippen molar-refractivity contribution in [3.05, 3.63) is 84.3 Å². The molecule has 0 radical (unpaired) electrons. The zero-order valence-corrected chi connectivity index (χ0v) is 14.5. The molecule has 0 spiro atoms. The first-order chi connectivity index (χ1) is 12.7. The number of carbonyl (C=O) groups is 1. The van der Waals surface area contributed by atoms with Crippen LogP contribution in [-0.4, -0.2) is 17.4 Å². The van der Waals surface area contributed by atoms with E-state index in [9.17, 15) is 9.18 Å². The van der Waals surface area contributed by atoms with E-state index in [1.807, 2.05) is 42.5 Å². The Bertz CT molecular complexity index is 866. The minimum atomic E-state index is -0.345. The monoisotopic (exact) mass is 349 g/mol. The molecule has 1 aromatic heterocycles. The number of pyridine rings is 1. The highest BCUT2D eigenvalue weighted by Crippen LogP contribution is 2.23. The van der Waals surface area contributed by atoms with Crippen molar-refractivity contribution in [2.24, 2.45) is 0 Å². The molecule has 0 atom stereocenters. The van der Waals surface area contributed by atoms with Gasteiger partial charge in [0.1, 0.15) is 11.6 Å². The highest BCUT2D eigenvalue weighted by atomic mass is 19.1. The molecule has 0 bridgehead atoms. The number of nitrogens with zero attached hydrogens (tertiary/aromatic N) is 2. The first-order valence-corrected chi connectivity index (χ1v) is 8.48. The van der Waals surface area contributed by atoms with Gasteiger partial charge in [0.25, 0.3) is 0 Å². The van der Waals surface area contributed by atoms with Crippen molar-refractivity contribution in [2.45, 2.75) is 13.3 Å². The standard InChI is InChI=1S/C21H20FN3O/c1-2-25(19-9-4-3-5-10-19)20-12-11-18(15-23-20)24-21(26)14-16-7-6-8-17(22)13-16/h3-13,15H,2,14H2,1H3,(H,24,26). The van der Waals surface area contributed by atoms with E-state index in [0.717, 1.165) is 18.1 Å².